The number of methoxy groups -OCH3 is 2. The molecular formula is C21H18ClNO6. The van der Waals surface area contributed by atoms with Gasteiger partial charge >= 0.3 is 5.97 Å². The van der Waals surface area contributed by atoms with Gasteiger partial charge in [0, 0.05) is 17.2 Å². The molecule has 0 unspecified atom stereocenters. The Hall–Kier alpha value is -3.45. The van der Waals surface area contributed by atoms with E-state index < -0.39 is 11.9 Å². The Labute approximate surface area is 172 Å². The van der Waals surface area contributed by atoms with Crippen molar-refractivity contribution in [2.75, 3.05) is 19.5 Å². The lowest BCUT2D eigenvalue weighted by atomic mass is 10.1. The van der Waals surface area contributed by atoms with Gasteiger partial charge in [0.15, 0.2) is 17.3 Å². The zero-order chi connectivity index (χ0) is 20.8. The van der Waals surface area contributed by atoms with Crippen LogP contribution in [0.25, 0.3) is 0 Å². The molecule has 0 saturated carbocycles. The number of hydrogen-bond donors (Lipinski definition) is 1. The molecule has 0 aliphatic heterocycles. The van der Waals surface area contributed by atoms with Gasteiger partial charge in [-0.15, -0.1) is 0 Å². The molecule has 0 aliphatic carbocycles. The summed E-state index contributed by atoms with van der Waals surface area (Å²) in [5.41, 5.74) is 1.08. The van der Waals surface area contributed by atoms with Crippen LogP contribution in [0.5, 0.6) is 11.5 Å². The lowest BCUT2D eigenvalue weighted by Gasteiger charge is -2.15. The van der Waals surface area contributed by atoms with Gasteiger partial charge in [-0.05, 0) is 29.8 Å². The van der Waals surface area contributed by atoms with Gasteiger partial charge in [0.25, 0.3) is 5.91 Å². The highest BCUT2D eigenvalue weighted by atomic mass is 35.5. The third-order valence-corrected chi connectivity index (χ3v) is 4.27. The number of nitrogens with one attached hydrogen (secondary N) is 1. The molecule has 1 aromatic heterocycles. The van der Waals surface area contributed by atoms with E-state index in [1.54, 1.807) is 30.3 Å². The summed E-state index contributed by atoms with van der Waals surface area (Å²) in [6.07, 6.45) is 1.38. The van der Waals surface area contributed by atoms with Crippen molar-refractivity contribution in [3.05, 3.63) is 76.7 Å². The molecule has 3 rings (SSSR count). The minimum Gasteiger partial charge on any atom is -0.493 e. The number of halogens is 1. The first-order valence-electron chi connectivity index (χ1n) is 8.54. The normalized spacial score (nSPS) is 10.3. The number of benzene rings is 2. The van der Waals surface area contributed by atoms with Gasteiger partial charge in [-0.1, -0.05) is 23.7 Å². The van der Waals surface area contributed by atoms with E-state index >= 15 is 0 Å². The molecule has 1 amide bonds. The second-order valence-electron chi connectivity index (χ2n) is 5.89. The number of rotatable bonds is 7. The average Bonchev–Trinajstić information content (AvgIpc) is 3.28. The molecule has 3 aromatic rings. The molecule has 0 bridgehead atoms. The summed E-state index contributed by atoms with van der Waals surface area (Å²) in [5, 5.41) is 3.23. The number of ether oxygens (including phenoxy) is 3. The summed E-state index contributed by atoms with van der Waals surface area (Å²) in [7, 11) is 2.90. The largest absolute Gasteiger partial charge is 0.493 e. The van der Waals surface area contributed by atoms with Crippen LogP contribution in [-0.4, -0.2) is 26.1 Å². The lowest BCUT2D eigenvalue weighted by molar-refractivity contribution is 0.0473. The summed E-state index contributed by atoms with van der Waals surface area (Å²) in [5.74, 6) is -0.400. The Kier molecular flexibility index (Phi) is 6.41. The summed E-state index contributed by atoms with van der Waals surface area (Å²) in [4.78, 5) is 25.1. The van der Waals surface area contributed by atoms with E-state index in [0.717, 1.165) is 5.56 Å². The van der Waals surface area contributed by atoms with Crippen molar-refractivity contribution in [2.24, 2.45) is 0 Å². The summed E-state index contributed by atoms with van der Waals surface area (Å²) < 4.78 is 21.0. The van der Waals surface area contributed by atoms with E-state index in [0.29, 0.717) is 16.5 Å². The average molecular weight is 416 g/mol. The van der Waals surface area contributed by atoms with Crippen LogP contribution in [0.2, 0.25) is 5.02 Å². The molecule has 150 valence electrons. The maximum atomic E-state index is 12.7. The van der Waals surface area contributed by atoms with Crippen LogP contribution in [0, 0.1) is 0 Å². The standard InChI is InChI=1S/C21H18ClNO6/c1-26-18-10-15(21(25)29-12-13-5-7-14(22)8-6-13)16(11-19(18)27-2)23-20(24)17-4-3-9-28-17/h3-11H,12H2,1-2H3,(H,23,24). The molecule has 1 heterocycles. The molecule has 7 nitrogen and oxygen atoms in total. The molecule has 0 spiro atoms. The fourth-order valence-corrected chi connectivity index (χ4v) is 2.68. The van der Waals surface area contributed by atoms with E-state index in [1.807, 2.05) is 0 Å². The van der Waals surface area contributed by atoms with Crippen LogP contribution >= 0.6 is 11.6 Å². The highest BCUT2D eigenvalue weighted by molar-refractivity contribution is 6.30. The first kappa shape index (κ1) is 20.3. The Balaban J connectivity index is 1.86. The first-order valence-corrected chi connectivity index (χ1v) is 8.92. The number of furan rings is 1. The Morgan fingerprint density at radius 1 is 1.03 bits per heavy atom. The van der Waals surface area contributed by atoms with Crippen LogP contribution in [0.1, 0.15) is 26.5 Å². The molecule has 29 heavy (non-hydrogen) atoms. The maximum Gasteiger partial charge on any atom is 0.340 e. The Morgan fingerprint density at radius 3 is 2.34 bits per heavy atom. The molecule has 8 heteroatoms. The van der Waals surface area contributed by atoms with E-state index in [-0.39, 0.29) is 23.6 Å². The topological polar surface area (TPSA) is 87.0 Å². The fourth-order valence-electron chi connectivity index (χ4n) is 2.55. The van der Waals surface area contributed by atoms with Crippen molar-refractivity contribution < 1.29 is 28.2 Å². The van der Waals surface area contributed by atoms with Gasteiger partial charge in [0.2, 0.25) is 0 Å². The smallest absolute Gasteiger partial charge is 0.340 e. The van der Waals surface area contributed by atoms with E-state index in [1.165, 1.54) is 38.7 Å². The van der Waals surface area contributed by atoms with E-state index in [2.05, 4.69) is 5.32 Å². The van der Waals surface area contributed by atoms with Crippen LogP contribution in [0.4, 0.5) is 5.69 Å². The van der Waals surface area contributed by atoms with Crippen LogP contribution in [0.15, 0.2) is 59.2 Å². The fraction of sp³-hybridized carbons (Fsp3) is 0.143. The van der Waals surface area contributed by atoms with Gasteiger partial charge in [0.05, 0.1) is 31.7 Å². The summed E-state index contributed by atoms with van der Waals surface area (Å²) in [6.45, 7) is 0.0376. The number of amides is 1. The predicted molar refractivity (Wildman–Crippen MR) is 107 cm³/mol. The zero-order valence-corrected chi connectivity index (χ0v) is 16.5. The molecule has 0 aliphatic rings. The number of hydrogen-bond acceptors (Lipinski definition) is 6. The lowest BCUT2D eigenvalue weighted by Crippen LogP contribution is -2.16. The van der Waals surface area contributed by atoms with Crippen molar-refractivity contribution in [3.8, 4) is 11.5 Å². The predicted octanol–water partition coefficient (Wildman–Crippen LogP) is 4.56. The highest BCUT2D eigenvalue weighted by Gasteiger charge is 2.21. The number of esters is 1. The first-order chi connectivity index (χ1) is 14.0. The zero-order valence-electron chi connectivity index (χ0n) is 15.7. The second-order valence-corrected chi connectivity index (χ2v) is 6.32. The minimum absolute atomic E-state index is 0.0376. The van der Waals surface area contributed by atoms with Gasteiger partial charge < -0.3 is 23.9 Å². The van der Waals surface area contributed by atoms with Crippen LogP contribution < -0.4 is 14.8 Å². The SMILES string of the molecule is COc1cc(NC(=O)c2ccco2)c(C(=O)OCc2ccc(Cl)cc2)cc1OC. The summed E-state index contributed by atoms with van der Waals surface area (Å²) in [6, 6.07) is 12.9. The summed E-state index contributed by atoms with van der Waals surface area (Å²) >= 11 is 5.86. The van der Waals surface area contributed by atoms with E-state index in [4.69, 9.17) is 30.2 Å². The molecule has 0 saturated heterocycles. The van der Waals surface area contributed by atoms with Crippen LogP contribution in [0.3, 0.4) is 0 Å². The van der Waals surface area contributed by atoms with Crippen molar-refractivity contribution in [1.82, 2.24) is 0 Å². The van der Waals surface area contributed by atoms with Gasteiger partial charge in [-0.3, -0.25) is 4.79 Å². The Bertz CT molecular complexity index is 999. The Morgan fingerprint density at radius 2 is 1.72 bits per heavy atom. The van der Waals surface area contributed by atoms with E-state index in [9.17, 15) is 9.59 Å². The maximum absolute atomic E-state index is 12.7. The van der Waals surface area contributed by atoms with Crippen LogP contribution in [-0.2, 0) is 11.3 Å². The quantitative estimate of drug-likeness (QED) is 0.569. The molecule has 0 fully saturated rings. The highest BCUT2D eigenvalue weighted by Crippen LogP contribution is 2.34. The molecular weight excluding hydrogens is 398 g/mol. The van der Waals surface area contributed by atoms with Gasteiger partial charge in [0.1, 0.15) is 6.61 Å². The van der Waals surface area contributed by atoms with Gasteiger partial charge in [-0.2, -0.15) is 0 Å². The number of carbonyl (C=O) groups excluding carboxylic acids is 2. The monoisotopic (exact) mass is 415 g/mol. The van der Waals surface area contributed by atoms with Crippen molar-refractivity contribution in [2.45, 2.75) is 6.61 Å². The minimum atomic E-state index is -0.643. The molecule has 1 N–H and O–H groups in total. The third kappa shape index (κ3) is 4.89. The van der Waals surface area contributed by atoms with Crippen molar-refractivity contribution >= 4 is 29.2 Å². The molecule has 0 radical (unpaired) electrons. The molecule has 2 aromatic carbocycles. The number of carbonyl (C=O) groups is 2. The third-order valence-electron chi connectivity index (χ3n) is 4.02. The van der Waals surface area contributed by atoms with Gasteiger partial charge in [-0.25, -0.2) is 4.79 Å². The van der Waals surface area contributed by atoms with Crippen molar-refractivity contribution in [1.29, 1.82) is 0 Å². The van der Waals surface area contributed by atoms with Crippen molar-refractivity contribution in [3.63, 3.8) is 0 Å². The second kappa shape index (κ2) is 9.16. The number of anilines is 1. The molecule has 0 atom stereocenters.